The maximum atomic E-state index is 2.44. The van der Waals surface area contributed by atoms with Crippen molar-refractivity contribution in [3.05, 3.63) is 211 Å². The highest BCUT2D eigenvalue weighted by Crippen LogP contribution is 2.52. The van der Waals surface area contributed by atoms with Crippen molar-refractivity contribution >= 4 is 38.6 Å². The average Bonchev–Trinajstić information content (AvgIpc) is 3.47. The zero-order valence-corrected chi connectivity index (χ0v) is 30.5. The molecule has 0 aromatic heterocycles. The van der Waals surface area contributed by atoms with E-state index in [1.807, 2.05) is 0 Å². The van der Waals surface area contributed by atoms with Crippen molar-refractivity contribution in [2.24, 2.45) is 0 Å². The van der Waals surface area contributed by atoms with Gasteiger partial charge in [0.15, 0.2) is 0 Å². The van der Waals surface area contributed by atoms with E-state index in [9.17, 15) is 0 Å². The van der Waals surface area contributed by atoms with Crippen molar-refractivity contribution in [3.8, 4) is 44.5 Å². The van der Waals surface area contributed by atoms with Gasteiger partial charge in [0.25, 0.3) is 0 Å². The summed E-state index contributed by atoms with van der Waals surface area (Å²) >= 11 is 0. The summed E-state index contributed by atoms with van der Waals surface area (Å²) in [4.78, 5) is 2.44. The SMILES string of the molecule is CC1(C)c2ccccc2-c2c(-c3ccc(N(c4ccccc4-c4ccc(-c5cccc6ccccc56)cc4)c4cccc5ccccc45)cc3)cccc21. The highest BCUT2D eigenvalue weighted by atomic mass is 15.1. The molecule has 1 aliphatic carbocycles. The fraction of sp³-hybridized carbons (Fsp3) is 0.0566. The molecule has 10 rings (SSSR count). The van der Waals surface area contributed by atoms with Gasteiger partial charge >= 0.3 is 0 Å². The molecule has 0 saturated heterocycles. The molecule has 54 heavy (non-hydrogen) atoms. The van der Waals surface area contributed by atoms with Gasteiger partial charge in [-0.1, -0.05) is 190 Å². The van der Waals surface area contributed by atoms with E-state index in [-0.39, 0.29) is 5.41 Å². The van der Waals surface area contributed by atoms with Gasteiger partial charge in [0, 0.05) is 22.1 Å². The lowest BCUT2D eigenvalue weighted by atomic mass is 9.82. The number of para-hydroxylation sites is 1. The zero-order valence-electron chi connectivity index (χ0n) is 30.5. The lowest BCUT2D eigenvalue weighted by molar-refractivity contribution is 0.660. The number of benzene rings is 9. The maximum Gasteiger partial charge on any atom is 0.0540 e. The third-order valence-electron chi connectivity index (χ3n) is 11.5. The molecule has 0 amide bonds. The van der Waals surface area contributed by atoms with E-state index in [1.54, 1.807) is 0 Å². The number of hydrogen-bond acceptors (Lipinski definition) is 1. The van der Waals surface area contributed by atoms with Crippen LogP contribution in [0, 0.1) is 0 Å². The lowest BCUT2D eigenvalue weighted by Gasteiger charge is -2.29. The fourth-order valence-electron chi connectivity index (χ4n) is 8.82. The van der Waals surface area contributed by atoms with Crippen LogP contribution >= 0.6 is 0 Å². The van der Waals surface area contributed by atoms with Gasteiger partial charge in [-0.2, -0.15) is 0 Å². The Morgan fingerprint density at radius 1 is 0.333 bits per heavy atom. The zero-order chi connectivity index (χ0) is 36.2. The van der Waals surface area contributed by atoms with Crippen LogP contribution in [-0.2, 0) is 5.41 Å². The summed E-state index contributed by atoms with van der Waals surface area (Å²) in [6.07, 6.45) is 0. The summed E-state index contributed by atoms with van der Waals surface area (Å²) in [7, 11) is 0. The Kier molecular flexibility index (Phi) is 7.56. The van der Waals surface area contributed by atoms with E-state index in [0.717, 1.165) is 17.1 Å². The second kappa shape index (κ2) is 12.8. The van der Waals surface area contributed by atoms with Gasteiger partial charge in [0.05, 0.1) is 11.4 Å². The quantitative estimate of drug-likeness (QED) is 0.168. The minimum absolute atomic E-state index is 0.0379. The molecule has 0 bridgehead atoms. The predicted octanol–water partition coefficient (Wildman–Crippen LogP) is 14.8. The maximum absolute atomic E-state index is 2.44. The molecule has 9 aromatic rings. The Hall–Kier alpha value is -6.70. The van der Waals surface area contributed by atoms with Gasteiger partial charge in [-0.3, -0.25) is 0 Å². The molecule has 1 aliphatic rings. The summed E-state index contributed by atoms with van der Waals surface area (Å²) < 4.78 is 0. The third kappa shape index (κ3) is 5.16. The number of nitrogens with zero attached hydrogens (tertiary/aromatic N) is 1. The summed E-state index contributed by atoms with van der Waals surface area (Å²) in [6, 6.07) is 73.3. The van der Waals surface area contributed by atoms with Crippen LogP contribution in [0.25, 0.3) is 66.1 Å². The number of rotatable bonds is 6. The summed E-state index contributed by atoms with van der Waals surface area (Å²) in [5.41, 5.74) is 16.2. The standard InChI is InChI=1S/C53H39N/c1-53(2)48-24-9-7-21-47(48)52-46(23-13-25-49(52)53)40-32-34-41(35-33-40)54(51-27-12-17-37-15-4-6-19-44(37)51)50-26-10-8-20-45(50)39-30-28-38(29-31-39)43-22-11-16-36-14-3-5-18-42(36)43/h3-35H,1-2H3. The Morgan fingerprint density at radius 3 is 1.57 bits per heavy atom. The van der Waals surface area contributed by atoms with Gasteiger partial charge in [-0.05, 0) is 90.5 Å². The molecule has 1 nitrogen and oxygen atoms in total. The fourth-order valence-corrected chi connectivity index (χ4v) is 8.82. The Labute approximate surface area is 317 Å². The molecule has 0 saturated carbocycles. The van der Waals surface area contributed by atoms with Crippen LogP contribution < -0.4 is 4.90 Å². The second-order valence-electron chi connectivity index (χ2n) is 14.9. The molecule has 0 atom stereocenters. The van der Waals surface area contributed by atoms with Gasteiger partial charge < -0.3 is 4.90 Å². The largest absolute Gasteiger partial charge is 0.309 e. The molecule has 0 fully saturated rings. The Balaban J connectivity index is 1.10. The van der Waals surface area contributed by atoms with Crippen molar-refractivity contribution in [1.29, 1.82) is 0 Å². The van der Waals surface area contributed by atoms with E-state index < -0.39 is 0 Å². The summed E-state index contributed by atoms with van der Waals surface area (Å²) in [5.74, 6) is 0. The molecule has 256 valence electrons. The minimum atomic E-state index is -0.0379. The molecule has 0 aliphatic heterocycles. The molecule has 0 N–H and O–H groups in total. The summed E-state index contributed by atoms with van der Waals surface area (Å²) in [5, 5.41) is 4.96. The molecular formula is C53H39N. The van der Waals surface area contributed by atoms with Gasteiger partial charge in [-0.15, -0.1) is 0 Å². The van der Waals surface area contributed by atoms with Crippen molar-refractivity contribution in [2.45, 2.75) is 19.3 Å². The smallest absolute Gasteiger partial charge is 0.0540 e. The number of fused-ring (bicyclic) bond motifs is 5. The average molecular weight is 690 g/mol. The first kappa shape index (κ1) is 32.0. The van der Waals surface area contributed by atoms with Crippen LogP contribution in [0.5, 0.6) is 0 Å². The second-order valence-corrected chi connectivity index (χ2v) is 14.9. The van der Waals surface area contributed by atoms with E-state index >= 15 is 0 Å². The molecule has 0 heterocycles. The van der Waals surface area contributed by atoms with Gasteiger partial charge in [0.2, 0.25) is 0 Å². The van der Waals surface area contributed by atoms with E-state index in [4.69, 9.17) is 0 Å². The highest BCUT2D eigenvalue weighted by Gasteiger charge is 2.36. The van der Waals surface area contributed by atoms with Gasteiger partial charge in [-0.25, -0.2) is 0 Å². The molecule has 0 radical (unpaired) electrons. The van der Waals surface area contributed by atoms with E-state index in [1.165, 1.54) is 77.2 Å². The number of anilines is 3. The minimum Gasteiger partial charge on any atom is -0.309 e. The van der Waals surface area contributed by atoms with Gasteiger partial charge in [0.1, 0.15) is 0 Å². The lowest BCUT2D eigenvalue weighted by Crippen LogP contribution is -2.14. The highest BCUT2D eigenvalue weighted by molar-refractivity contribution is 6.02. The normalized spacial score (nSPS) is 12.8. The third-order valence-corrected chi connectivity index (χ3v) is 11.5. The Bertz CT molecular complexity index is 2830. The van der Waals surface area contributed by atoms with Crippen LogP contribution in [0.15, 0.2) is 200 Å². The first-order chi connectivity index (χ1) is 26.6. The van der Waals surface area contributed by atoms with E-state index in [2.05, 4.69) is 219 Å². The van der Waals surface area contributed by atoms with Crippen molar-refractivity contribution in [2.75, 3.05) is 4.90 Å². The molecule has 0 unspecified atom stereocenters. The van der Waals surface area contributed by atoms with Crippen LogP contribution in [0.2, 0.25) is 0 Å². The van der Waals surface area contributed by atoms with Crippen molar-refractivity contribution in [1.82, 2.24) is 0 Å². The van der Waals surface area contributed by atoms with Crippen molar-refractivity contribution in [3.63, 3.8) is 0 Å². The van der Waals surface area contributed by atoms with Crippen LogP contribution in [0.3, 0.4) is 0 Å². The molecule has 9 aromatic carbocycles. The monoisotopic (exact) mass is 689 g/mol. The van der Waals surface area contributed by atoms with Crippen LogP contribution in [0.4, 0.5) is 17.1 Å². The topological polar surface area (TPSA) is 3.24 Å². The molecule has 0 spiro atoms. The predicted molar refractivity (Wildman–Crippen MR) is 230 cm³/mol. The Morgan fingerprint density at radius 2 is 0.796 bits per heavy atom. The molecular weight excluding hydrogens is 651 g/mol. The van der Waals surface area contributed by atoms with Crippen LogP contribution in [-0.4, -0.2) is 0 Å². The molecule has 1 heteroatoms. The first-order valence-electron chi connectivity index (χ1n) is 18.9. The van der Waals surface area contributed by atoms with Crippen molar-refractivity contribution < 1.29 is 0 Å². The summed E-state index contributed by atoms with van der Waals surface area (Å²) in [6.45, 7) is 4.70. The van der Waals surface area contributed by atoms with E-state index in [0.29, 0.717) is 0 Å². The first-order valence-corrected chi connectivity index (χ1v) is 18.9. The van der Waals surface area contributed by atoms with Crippen LogP contribution in [0.1, 0.15) is 25.0 Å². The number of hydrogen-bond donors (Lipinski definition) is 0.